The number of cyclic esters (lactones) is 1. The molecular weight excluding hydrogens is 428 g/mol. The third-order valence-electron chi connectivity index (χ3n) is 5.24. The second kappa shape index (κ2) is 10.2. The van der Waals surface area contributed by atoms with Gasteiger partial charge in [0.2, 0.25) is 5.91 Å². The fraction of sp³-hybridized carbons (Fsp3) is 0.250. The fourth-order valence-corrected chi connectivity index (χ4v) is 3.61. The molecule has 0 saturated carbocycles. The van der Waals surface area contributed by atoms with Crippen LogP contribution >= 0.6 is 11.6 Å². The first-order valence-electron chi connectivity index (χ1n) is 10.4. The van der Waals surface area contributed by atoms with Gasteiger partial charge in [0.25, 0.3) is 0 Å². The molecule has 1 aromatic heterocycles. The molecule has 0 fully saturated rings. The number of rotatable bonds is 3. The van der Waals surface area contributed by atoms with E-state index in [1.165, 1.54) is 4.68 Å². The van der Waals surface area contributed by atoms with Crippen LogP contribution in [0.5, 0.6) is 0 Å². The molecule has 0 unspecified atom stereocenters. The molecule has 3 aromatic rings. The van der Waals surface area contributed by atoms with E-state index in [4.69, 9.17) is 16.3 Å². The molecule has 1 aliphatic heterocycles. The number of ether oxygens (including phenoxy) is 1. The zero-order chi connectivity index (χ0) is 22.3. The quantitative estimate of drug-likeness (QED) is 0.475. The Morgan fingerprint density at radius 3 is 2.59 bits per heavy atom. The van der Waals surface area contributed by atoms with Gasteiger partial charge in [0.15, 0.2) is 6.04 Å². The second-order valence-electron chi connectivity index (χ2n) is 7.51. The number of carbonyl (C=O) groups is 2. The summed E-state index contributed by atoms with van der Waals surface area (Å²) in [6, 6.07) is 15.7. The van der Waals surface area contributed by atoms with Crippen molar-refractivity contribution < 1.29 is 14.3 Å². The molecule has 2 aromatic carbocycles. The fourth-order valence-electron chi connectivity index (χ4n) is 3.49. The summed E-state index contributed by atoms with van der Waals surface area (Å²) in [5.74, 6) is -0.515. The highest BCUT2D eigenvalue weighted by Crippen LogP contribution is 2.23. The van der Waals surface area contributed by atoms with Crippen LogP contribution in [0, 0.1) is 0 Å². The van der Waals surface area contributed by atoms with Crippen molar-refractivity contribution in [2.24, 2.45) is 0 Å². The van der Waals surface area contributed by atoms with Gasteiger partial charge in [-0.15, -0.1) is 5.10 Å². The number of esters is 1. The molecular formula is C24H23ClN4O3. The summed E-state index contributed by atoms with van der Waals surface area (Å²) in [6.07, 6.45) is 6.84. The monoisotopic (exact) mass is 450 g/mol. The summed E-state index contributed by atoms with van der Waals surface area (Å²) >= 11 is 5.96. The van der Waals surface area contributed by atoms with Crippen molar-refractivity contribution in [1.29, 1.82) is 0 Å². The van der Waals surface area contributed by atoms with Crippen molar-refractivity contribution in [1.82, 2.24) is 20.3 Å². The zero-order valence-electron chi connectivity index (χ0n) is 17.4. The van der Waals surface area contributed by atoms with Crippen LogP contribution in [-0.2, 0) is 14.3 Å². The van der Waals surface area contributed by atoms with Gasteiger partial charge >= 0.3 is 5.97 Å². The van der Waals surface area contributed by atoms with Gasteiger partial charge in [-0.05, 0) is 30.5 Å². The lowest BCUT2D eigenvalue weighted by molar-refractivity contribution is -0.149. The lowest BCUT2D eigenvalue weighted by atomic mass is 10.1. The van der Waals surface area contributed by atoms with Gasteiger partial charge in [0.05, 0.1) is 12.2 Å². The molecule has 0 saturated heterocycles. The third kappa shape index (κ3) is 5.42. The van der Waals surface area contributed by atoms with E-state index in [1.807, 2.05) is 54.6 Å². The van der Waals surface area contributed by atoms with Crippen LogP contribution in [0.15, 0.2) is 72.9 Å². The standard InChI is InChI=1S/C24H23ClN4O3/c25-19-13-11-18(12-14-19)20-15-29(28-27-20)22-9-5-2-6-10-23(30)26-21(16-32-24(22)31)17-7-3-1-4-8-17/h1-5,7-8,11-15,21-22H,6,9-10,16H2,(H,26,30)/t21-,22+/m0/s1. The Hall–Kier alpha value is -3.45. The van der Waals surface area contributed by atoms with Crippen molar-refractivity contribution in [2.45, 2.75) is 31.3 Å². The summed E-state index contributed by atoms with van der Waals surface area (Å²) in [7, 11) is 0. The number of benzene rings is 2. The number of amides is 1. The second-order valence-corrected chi connectivity index (χ2v) is 7.95. The van der Waals surface area contributed by atoms with E-state index in [0.29, 0.717) is 30.0 Å². The first-order chi connectivity index (χ1) is 15.6. The molecule has 164 valence electrons. The van der Waals surface area contributed by atoms with Gasteiger partial charge < -0.3 is 10.1 Å². The van der Waals surface area contributed by atoms with E-state index < -0.39 is 18.1 Å². The third-order valence-corrected chi connectivity index (χ3v) is 5.49. The van der Waals surface area contributed by atoms with Crippen LogP contribution in [0.3, 0.4) is 0 Å². The van der Waals surface area contributed by atoms with Crippen LogP contribution in [0.4, 0.5) is 0 Å². The molecule has 8 heteroatoms. The molecule has 1 amide bonds. The van der Waals surface area contributed by atoms with Crippen molar-refractivity contribution in [3.8, 4) is 11.3 Å². The van der Waals surface area contributed by atoms with Crippen LogP contribution < -0.4 is 5.32 Å². The highest BCUT2D eigenvalue weighted by Gasteiger charge is 2.25. The summed E-state index contributed by atoms with van der Waals surface area (Å²) < 4.78 is 7.16. The Bertz CT molecular complexity index is 1100. The normalized spacial score (nSPS) is 20.0. The predicted octanol–water partition coefficient (Wildman–Crippen LogP) is 4.28. The lowest BCUT2D eigenvalue weighted by Gasteiger charge is -2.21. The number of aromatic nitrogens is 3. The van der Waals surface area contributed by atoms with Gasteiger partial charge in [-0.3, -0.25) is 4.79 Å². The maximum Gasteiger partial charge on any atom is 0.331 e. The van der Waals surface area contributed by atoms with E-state index in [9.17, 15) is 9.59 Å². The number of halogens is 1. The molecule has 2 atom stereocenters. The van der Waals surface area contributed by atoms with Gasteiger partial charge in [0.1, 0.15) is 12.3 Å². The average Bonchev–Trinajstić information content (AvgIpc) is 3.29. The summed E-state index contributed by atoms with van der Waals surface area (Å²) in [5.41, 5.74) is 2.37. The molecule has 7 nitrogen and oxygen atoms in total. The molecule has 32 heavy (non-hydrogen) atoms. The molecule has 4 rings (SSSR count). The van der Waals surface area contributed by atoms with E-state index in [-0.39, 0.29) is 12.5 Å². The minimum absolute atomic E-state index is 0.0353. The summed E-state index contributed by atoms with van der Waals surface area (Å²) in [5, 5.41) is 12.0. The van der Waals surface area contributed by atoms with Crippen molar-refractivity contribution in [3.63, 3.8) is 0 Å². The van der Waals surface area contributed by atoms with Gasteiger partial charge in [-0.2, -0.15) is 0 Å². The van der Waals surface area contributed by atoms with Crippen molar-refractivity contribution >= 4 is 23.5 Å². The number of allylic oxidation sites excluding steroid dienone is 2. The number of carbonyl (C=O) groups excluding carboxylic acids is 2. The Morgan fingerprint density at radius 1 is 1.03 bits per heavy atom. The SMILES string of the molecule is O=C1CCC=CC[C@@H](n2cc(-c3ccc(Cl)cc3)nn2)C(=O)OC[C@@H](c2ccccc2)N1. The van der Waals surface area contributed by atoms with Crippen LogP contribution in [0.2, 0.25) is 5.02 Å². The van der Waals surface area contributed by atoms with Crippen LogP contribution in [0.25, 0.3) is 11.3 Å². The first-order valence-corrected chi connectivity index (χ1v) is 10.8. The Labute approximate surface area is 191 Å². The molecule has 0 spiro atoms. The molecule has 1 N–H and O–H groups in total. The number of nitrogens with zero attached hydrogens (tertiary/aromatic N) is 3. The minimum atomic E-state index is -0.661. The van der Waals surface area contributed by atoms with E-state index in [2.05, 4.69) is 15.6 Å². The van der Waals surface area contributed by atoms with Crippen molar-refractivity contribution in [3.05, 3.63) is 83.5 Å². The summed E-state index contributed by atoms with van der Waals surface area (Å²) in [6.45, 7) is 0.0353. The average molecular weight is 451 g/mol. The largest absolute Gasteiger partial charge is 0.462 e. The summed E-state index contributed by atoms with van der Waals surface area (Å²) in [4.78, 5) is 25.3. The molecule has 2 heterocycles. The van der Waals surface area contributed by atoms with E-state index in [0.717, 1.165) is 11.1 Å². The Morgan fingerprint density at radius 2 is 1.81 bits per heavy atom. The van der Waals surface area contributed by atoms with E-state index >= 15 is 0 Å². The van der Waals surface area contributed by atoms with Crippen LogP contribution in [0.1, 0.15) is 36.9 Å². The van der Waals surface area contributed by atoms with Gasteiger partial charge in [0, 0.05) is 17.0 Å². The van der Waals surface area contributed by atoms with Crippen molar-refractivity contribution in [2.75, 3.05) is 6.61 Å². The van der Waals surface area contributed by atoms with Gasteiger partial charge in [-0.25, -0.2) is 9.48 Å². The number of nitrogens with one attached hydrogen (secondary N) is 1. The molecule has 0 bridgehead atoms. The first kappa shape index (κ1) is 21.8. The van der Waals surface area contributed by atoms with Gasteiger partial charge in [-0.1, -0.05) is 71.4 Å². The Balaban J connectivity index is 1.56. The van der Waals surface area contributed by atoms with E-state index in [1.54, 1.807) is 18.3 Å². The Kier molecular flexibility index (Phi) is 6.97. The minimum Gasteiger partial charge on any atom is -0.462 e. The highest BCUT2D eigenvalue weighted by atomic mass is 35.5. The lowest BCUT2D eigenvalue weighted by Crippen LogP contribution is -2.33. The smallest absolute Gasteiger partial charge is 0.331 e. The number of hydrogen-bond acceptors (Lipinski definition) is 5. The zero-order valence-corrected chi connectivity index (χ0v) is 18.1. The molecule has 0 aliphatic carbocycles. The number of hydrogen-bond donors (Lipinski definition) is 1. The van der Waals surface area contributed by atoms with Crippen LogP contribution in [-0.4, -0.2) is 33.5 Å². The molecule has 0 radical (unpaired) electrons. The predicted molar refractivity (Wildman–Crippen MR) is 121 cm³/mol. The highest BCUT2D eigenvalue weighted by molar-refractivity contribution is 6.30. The molecule has 1 aliphatic rings. The maximum absolute atomic E-state index is 13.0. The maximum atomic E-state index is 13.0. The topological polar surface area (TPSA) is 86.1 Å².